The van der Waals surface area contributed by atoms with Crippen LogP contribution in [0.1, 0.15) is 74.7 Å². The zero-order valence-electron chi connectivity index (χ0n) is 19.2. The summed E-state index contributed by atoms with van der Waals surface area (Å²) in [6, 6.07) is 0. The normalized spacial score (nSPS) is 11.3. The van der Waals surface area contributed by atoms with Gasteiger partial charge < -0.3 is 14.2 Å². The lowest BCUT2D eigenvalue weighted by Crippen LogP contribution is -2.18. The summed E-state index contributed by atoms with van der Waals surface area (Å²) in [6.45, 7) is 20.4. The Bertz CT molecular complexity index is 446. The minimum Gasteiger partial charge on any atom is -0.492 e. The molecule has 0 aromatic heterocycles. The summed E-state index contributed by atoms with van der Waals surface area (Å²) in [4.78, 5) is 12.1. The average Bonchev–Trinajstić information content (AvgIpc) is 2.63. The predicted molar refractivity (Wildman–Crippen MR) is 120 cm³/mol. The fraction of sp³-hybridized carbons (Fsp3) is 0.682. The molecule has 0 aromatic rings. The highest BCUT2D eigenvalue weighted by Crippen LogP contribution is 2.25. The molecule has 27 heavy (non-hydrogen) atoms. The third-order valence-electron chi connectivity index (χ3n) is 2.71. The number of carbonyl (C=O) groups excluding carboxylic acids is 1. The number of rotatable bonds is 10. The Labute approximate surface area is 172 Å². The fourth-order valence-electron chi connectivity index (χ4n) is 1.77. The van der Waals surface area contributed by atoms with Gasteiger partial charge in [-0.1, -0.05) is 40.3 Å². The van der Waals surface area contributed by atoms with Crippen molar-refractivity contribution in [2.45, 2.75) is 80.3 Å². The van der Waals surface area contributed by atoms with Crippen LogP contribution < -0.4 is 0 Å². The van der Waals surface area contributed by atoms with Gasteiger partial charge in [-0.2, -0.15) is 0 Å². The lowest BCUT2D eigenvalue weighted by atomic mass is 10.2. The Hall–Kier alpha value is -1.36. The van der Waals surface area contributed by atoms with E-state index < -0.39 is 0 Å². The molecule has 0 aliphatic heterocycles. The highest BCUT2D eigenvalue weighted by atomic mass is 32.2. The second kappa shape index (κ2) is 19.4. The van der Waals surface area contributed by atoms with Crippen LogP contribution in [0.2, 0.25) is 0 Å². The maximum atomic E-state index is 11.1. The number of allylic oxidation sites excluding steroid dienone is 2. The van der Waals surface area contributed by atoms with Gasteiger partial charge in [0, 0.05) is 17.4 Å². The maximum absolute atomic E-state index is 11.1. The van der Waals surface area contributed by atoms with Gasteiger partial charge in [-0.3, -0.25) is 4.79 Å². The van der Waals surface area contributed by atoms with E-state index in [-0.39, 0.29) is 11.6 Å². The second-order valence-corrected chi connectivity index (χ2v) is 6.78. The quantitative estimate of drug-likeness (QED) is 0.172. The molecule has 0 rings (SSSR count). The summed E-state index contributed by atoms with van der Waals surface area (Å²) in [6.07, 6.45) is 7.75. The first-order valence-electron chi connectivity index (χ1n) is 9.73. The van der Waals surface area contributed by atoms with Crippen LogP contribution in [0.25, 0.3) is 0 Å². The third kappa shape index (κ3) is 19.2. The van der Waals surface area contributed by atoms with E-state index >= 15 is 0 Å². The maximum Gasteiger partial charge on any atom is 0.305 e. The summed E-state index contributed by atoms with van der Waals surface area (Å²) in [5.74, 6) is 1.12. The first-order valence-corrected chi connectivity index (χ1v) is 11.0. The van der Waals surface area contributed by atoms with Crippen molar-refractivity contribution in [2.24, 2.45) is 0 Å². The van der Waals surface area contributed by atoms with Crippen molar-refractivity contribution in [3.05, 3.63) is 35.2 Å². The summed E-state index contributed by atoms with van der Waals surface area (Å²) >= 11 is 1.61. The van der Waals surface area contributed by atoms with Crippen LogP contribution in [0.4, 0.5) is 0 Å². The van der Waals surface area contributed by atoms with Crippen molar-refractivity contribution < 1.29 is 19.0 Å². The van der Waals surface area contributed by atoms with Gasteiger partial charge in [-0.25, -0.2) is 0 Å². The van der Waals surface area contributed by atoms with Crippen molar-refractivity contribution in [1.29, 1.82) is 0 Å². The molecule has 5 heteroatoms. The van der Waals surface area contributed by atoms with E-state index in [1.54, 1.807) is 11.8 Å². The van der Waals surface area contributed by atoms with Crippen LogP contribution in [0, 0.1) is 0 Å². The Morgan fingerprint density at radius 3 is 2.07 bits per heavy atom. The van der Waals surface area contributed by atoms with E-state index in [1.807, 2.05) is 73.8 Å². The van der Waals surface area contributed by atoms with Crippen LogP contribution in [-0.4, -0.2) is 31.5 Å². The van der Waals surface area contributed by atoms with Crippen LogP contribution in [-0.2, 0) is 19.0 Å². The van der Waals surface area contributed by atoms with Gasteiger partial charge in [0.1, 0.15) is 17.1 Å². The molecule has 0 saturated heterocycles. The molecule has 0 saturated carbocycles. The molecule has 0 atom stereocenters. The Morgan fingerprint density at radius 2 is 1.67 bits per heavy atom. The molecule has 0 aliphatic rings. The molecule has 0 unspecified atom stereocenters. The lowest BCUT2D eigenvalue weighted by molar-refractivity contribution is -0.140. The molecule has 0 aliphatic carbocycles. The number of unbranched alkanes of at least 4 members (excludes halogenated alkanes) is 1. The minimum atomic E-state index is -0.297. The minimum absolute atomic E-state index is 0.189. The number of thioether (sulfide) groups is 1. The number of esters is 1. The standard InChI is InChI=1S/C18H30O4S.2C2H6/c1-8-16(23-7)15(13-14(2)22-18(3,4)5)21-12-10-9-11-17(19)20-6;2*1-2/h8,13H,2,9-12H2,1,3-7H3;2*1-2H3/b15-13+,16-8+;;. The molecule has 4 nitrogen and oxygen atoms in total. The third-order valence-corrected chi connectivity index (χ3v) is 3.59. The number of hydrogen-bond donors (Lipinski definition) is 0. The predicted octanol–water partition coefficient (Wildman–Crippen LogP) is 6.88. The molecule has 0 fully saturated rings. The highest BCUT2D eigenvalue weighted by Gasteiger charge is 2.13. The van der Waals surface area contributed by atoms with Gasteiger partial charge >= 0.3 is 5.97 Å². The van der Waals surface area contributed by atoms with E-state index in [1.165, 1.54) is 7.11 Å². The smallest absolute Gasteiger partial charge is 0.305 e. The SMILES string of the molecule is C=C(/C=C(OCCCCC(=O)OC)\C(=C/C)SC)OC(C)(C)C.CC.CC. The number of hydrogen-bond acceptors (Lipinski definition) is 5. The largest absolute Gasteiger partial charge is 0.492 e. The van der Waals surface area contributed by atoms with Gasteiger partial charge in [0.25, 0.3) is 0 Å². The molecular formula is C22H42O4S. The first kappa shape index (κ1) is 30.4. The molecule has 0 amide bonds. The fourth-order valence-corrected chi connectivity index (χ4v) is 2.32. The molecule has 0 N–H and O–H groups in total. The summed E-state index contributed by atoms with van der Waals surface area (Å²) in [7, 11) is 1.40. The van der Waals surface area contributed by atoms with E-state index in [0.29, 0.717) is 18.8 Å². The Morgan fingerprint density at radius 1 is 1.11 bits per heavy atom. The summed E-state index contributed by atoms with van der Waals surface area (Å²) in [5.41, 5.74) is -0.297. The van der Waals surface area contributed by atoms with Crippen LogP contribution in [0.5, 0.6) is 0 Å². The number of methoxy groups -OCH3 is 1. The average molecular weight is 403 g/mol. The number of ether oxygens (including phenoxy) is 3. The van der Waals surface area contributed by atoms with E-state index in [0.717, 1.165) is 23.5 Å². The highest BCUT2D eigenvalue weighted by molar-refractivity contribution is 8.02. The van der Waals surface area contributed by atoms with Crippen LogP contribution >= 0.6 is 11.8 Å². The lowest BCUT2D eigenvalue weighted by Gasteiger charge is -2.22. The number of carbonyl (C=O) groups is 1. The molecule has 0 heterocycles. The van der Waals surface area contributed by atoms with Gasteiger partial charge in [0.15, 0.2) is 0 Å². The van der Waals surface area contributed by atoms with E-state index in [4.69, 9.17) is 9.47 Å². The van der Waals surface area contributed by atoms with E-state index in [2.05, 4.69) is 11.3 Å². The van der Waals surface area contributed by atoms with Crippen LogP contribution in [0.3, 0.4) is 0 Å². The van der Waals surface area contributed by atoms with Crippen molar-refractivity contribution in [1.82, 2.24) is 0 Å². The molecule has 0 radical (unpaired) electrons. The zero-order valence-corrected chi connectivity index (χ0v) is 20.0. The van der Waals surface area contributed by atoms with Gasteiger partial charge in [-0.05, 0) is 46.8 Å². The van der Waals surface area contributed by atoms with Crippen molar-refractivity contribution >= 4 is 17.7 Å². The van der Waals surface area contributed by atoms with Crippen LogP contribution in [0.15, 0.2) is 35.2 Å². The molecule has 0 aromatic carbocycles. The van der Waals surface area contributed by atoms with Gasteiger partial charge in [0.2, 0.25) is 0 Å². The molecule has 160 valence electrons. The van der Waals surface area contributed by atoms with Gasteiger partial charge in [0.05, 0.1) is 13.7 Å². The van der Waals surface area contributed by atoms with Crippen molar-refractivity contribution in [2.75, 3.05) is 20.0 Å². The molecule has 0 bridgehead atoms. The topological polar surface area (TPSA) is 44.8 Å². The Balaban J connectivity index is -0.00000134. The zero-order chi connectivity index (χ0) is 21.9. The summed E-state index contributed by atoms with van der Waals surface area (Å²) < 4.78 is 16.2. The van der Waals surface area contributed by atoms with Crippen molar-refractivity contribution in [3.8, 4) is 0 Å². The Kier molecular flexibility index (Phi) is 21.8. The van der Waals surface area contributed by atoms with Gasteiger partial charge in [-0.15, -0.1) is 11.8 Å². The first-order chi connectivity index (χ1) is 12.7. The molecular weight excluding hydrogens is 360 g/mol. The summed E-state index contributed by atoms with van der Waals surface area (Å²) in [5, 5.41) is 0. The molecule has 0 spiro atoms. The second-order valence-electron chi connectivity index (χ2n) is 5.93. The van der Waals surface area contributed by atoms with Crippen molar-refractivity contribution in [3.63, 3.8) is 0 Å². The van der Waals surface area contributed by atoms with E-state index in [9.17, 15) is 4.79 Å². The monoisotopic (exact) mass is 402 g/mol.